The molecule has 0 radical (unpaired) electrons. The number of esters is 1. The maximum Gasteiger partial charge on any atom is 0.341 e. The van der Waals surface area contributed by atoms with Gasteiger partial charge in [-0.3, -0.25) is 4.79 Å². The number of nitrogens with one attached hydrogen (secondary N) is 1. The van der Waals surface area contributed by atoms with Crippen molar-refractivity contribution in [2.24, 2.45) is 17.3 Å². The van der Waals surface area contributed by atoms with Gasteiger partial charge in [-0.1, -0.05) is 40.7 Å². The van der Waals surface area contributed by atoms with Crippen LogP contribution in [0.15, 0.2) is 24.3 Å². The molecule has 0 fully saturated rings. The lowest BCUT2D eigenvalue weighted by atomic mass is 9.72. The molecule has 1 unspecified atom stereocenters. The van der Waals surface area contributed by atoms with E-state index in [-0.39, 0.29) is 11.3 Å². The van der Waals surface area contributed by atoms with Gasteiger partial charge in [-0.2, -0.15) is 0 Å². The van der Waals surface area contributed by atoms with Crippen LogP contribution in [-0.2, 0) is 22.4 Å². The van der Waals surface area contributed by atoms with Crippen molar-refractivity contribution in [2.45, 2.75) is 60.3 Å². The van der Waals surface area contributed by atoms with Crippen LogP contribution in [0, 0.1) is 17.3 Å². The van der Waals surface area contributed by atoms with Crippen LogP contribution in [0.4, 0.5) is 5.00 Å². The molecule has 3 rings (SSSR count). The number of carbonyl (C=O) groups excluding carboxylic acids is 2. The van der Waals surface area contributed by atoms with Gasteiger partial charge in [0.1, 0.15) is 5.00 Å². The molecule has 2 aromatic rings. The van der Waals surface area contributed by atoms with Crippen LogP contribution >= 0.6 is 11.3 Å². The number of carbonyl (C=O) groups is 2. The Hall–Kier alpha value is -2.80. The Balaban J connectivity index is 1.75. The summed E-state index contributed by atoms with van der Waals surface area (Å²) in [6, 6.07) is 5.57. The van der Waals surface area contributed by atoms with E-state index in [1.807, 2.05) is 18.2 Å². The minimum absolute atomic E-state index is 0.190. The van der Waals surface area contributed by atoms with E-state index in [4.69, 9.17) is 14.2 Å². The number of fused-ring (bicyclic) bond motifs is 1. The summed E-state index contributed by atoms with van der Waals surface area (Å²) in [5, 5.41) is 3.48. The van der Waals surface area contributed by atoms with E-state index in [0.717, 1.165) is 36.8 Å². The number of anilines is 1. The summed E-state index contributed by atoms with van der Waals surface area (Å²) in [6.45, 7) is 11.7. The van der Waals surface area contributed by atoms with E-state index in [0.29, 0.717) is 40.5 Å². The van der Waals surface area contributed by atoms with Gasteiger partial charge in [0.15, 0.2) is 11.5 Å². The fourth-order valence-electron chi connectivity index (χ4n) is 4.37. The lowest BCUT2D eigenvalue weighted by Crippen LogP contribution is -2.26. The maximum atomic E-state index is 12.8. The predicted molar refractivity (Wildman–Crippen MR) is 146 cm³/mol. The number of amides is 1. The van der Waals surface area contributed by atoms with Crippen molar-refractivity contribution < 1.29 is 23.8 Å². The van der Waals surface area contributed by atoms with Gasteiger partial charge >= 0.3 is 5.97 Å². The molecule has 1 atom stereocenters. The molecule has 1 aromatic carbocycles. The molecule has 0 aliphatic heterocycles. The van der Waals surface area contributed by atoms with Crippen LogP contribution in [0.25, 0.3) is 6.08 Å². The first-order chi connectivity index (χ1) is 17.0. The molecule has 0 bridgehead atoms. The smallest absolute Gasteiger partial charge is 0.341 e. The molecule has 0 spiro atoms. The second-order valence-electron chi connectivity index (χ2n) is 10.8. The van der Waals surface area contributed by atoms with Crippen LogP contribution in [0.2, 0.25) is 0 Å². The second-order valence-corrected chi connectivity index (χ2v) is 11.9. The Morgan fingerprint density at radius 3 is 2.58 bits per heavy atom. The Bertz CT molecular complexity index is 1110. The first-order valence-electron chi connectivity index (χ1n) is 12.6. The minimum Gasteiger partial charge on any atom is -0.493 e. The Kier molecular flexibility index (Phi) is 9.23. The zero-order valence-corrected chi connectivity index (χ0v) is 23.3. The summed E-state index contributed by atoms with van der Waals surface area (Å²) in [6.07, 6.45) is 6.88. The van der Waals surface area contributed by atoms with Gasteiger partial charge in [-0.25, -0.2) is 4.79 Å². The van der Waals surface area contributed by atoms with Crippen molar-refractivity contribution in [3.63, 3.8) is 0 Å². The van der Waals surface area contributed by atoms with Crippen LogP contribution < -0.4 is 14.8 Å². The maximum absolute atomic E-state index is 12.8. The molecule has 7 heteroatoms. The molecule has 1 aromatic heterocycles. The molecule has 1 aliphatic carbocycles. The highest BCUT2D eigenvalue weighted by Gasteiger charge is 2.34. The molecule has 1 heterocycles. The van der Waals surface area contributed by atoms with Crippen molar-refractivity contribution in [1.29, 1.82) is 0 Å². The average molecular weight is 514 g/mol. The zero-order chi connectivity index (χ0) is 26.5. The first kappa shape index (κ1) is 27.8. The number of hydrogen-bond acceptors (Lipinski definition) is 6. The normalized spacial score (nSPS) is 15.6. The van der Waals surface area contributed by atoms with Gasteiger partial charge in [0.2, 0.25) is 5.91 Å². The number of rotatable bonds is 9. The molecular weight excluding hydrogens is 474 g/mol. The molecule has 1 N–H and O–H groups in total. The van der Waals surface area contributed by atoms with Crippen molar-refractivity contribution in [2.75, 3.05) is 26.1 Å². The van der Waals surface area contributed by atoms with E-state index in [1.54, 1.807) is 13.2 Å². The monoisotopic (exact) mass is 513 g/mol. The lowest BCUT2D eigenvalue weighted by molar-refractivity contribution is -0.111. The topological polar surface area (TPSA) is 73.9 Å². The molecule has 36 heavy (non-hydrogen) atoms. The van der Waals surface area contributed by atoms with Crippen molar-refractivity contribution >= 4 is 34.3 Å². The Labute approximate surface area is 219 Å². The van der Waals surface area contributed by atoms with E-state index in [1.165, 1.54) is 29.4 Å². The highest BCUT2D eigenvalue weighted by molar-refractivity contribution is 7.17. The number of ether oxygens (including phenoxy) is 3. The summed E-state index contributed by atoms with van der Waals surface area (Å²) in [5.41, 5.74) is 2.51. The number of benzene rings is 1. The molecule has 6 nitrogen and oxygen atoms in total. The van der Waals surface area contributed by atoms with Crippen LogP contribution in [0.1, 0.15) is 73.8 Å². The molecule has 0 saturated carbocycles. The third kappa shape index (κ3) is 6.90. The summed E-state index contributed by atoms with van der Waals surface area (Å²) in [4.78, 5) is 26.6. The van der Waals surface area contributed by atoms with Crippen LogP contribution in [0.5, 0.6) is 11.5 Å². The van der Waals surface area contributed by atoms with E-state index >= 15 is 0 Å². The SMILES string of the molecule is COC(=O)c1c(NC(=O)/C=C/c2ccc(OCCC(C)C)c(OC)c2)sc2c1CCC(C(C)(C)C)C2. The molecule has 1 aliphatic rings. The summed E-state index contributed by atoms with van der Waals surface area (Å²) in [7, 11) is 2.98. The van der Waals surface area contributed by atoms with E-state index in [9.17, 15) is 9.59 Å². The van der Waals surface area contributed by atoms with Crippen molar-refractivity contribution in [3.8, 4) is 11.5 Å². The number of hydrogen-bond donors (Lipinski definition) is 1. The second kappa shape index (κ2) is 12.0. The van der Waals surface area contributed by atoms with Gasteiger partial charge in [-0.15, -0.1) is 11.3 Å². The van der Waals surface area contributed by atoms with E-state index < -0.39 is 5.97 Å². The summed E-state index contributed by atoms with van der Waals surface area (Å²) >= 11 is 1.49. The average Bonchev–Trinajstić information content (AvgIpc) is 3.18. The summed E-state index contributed by atoms with van der Waals surface area (Å²) in [5.74, 6) is 1.69. The van der Waals surface area contributed by atoms with Gasteiger partial charge in [-0.05, 0) is 72.3 Å². The lowest BCUT2D eigenvalue weighted by Gasteiger charge is -2.33. The van der Waals surface area contributed by atoms with Crippen LogP contribution in [-0.4, -0.2) is 32.7 Å². The van der Waals surface area contributed by atoms with Gasteiger partial charge < -0.3 is 19.5 Å². The standard InChI is InChI=1S/C29H39NO5S/c1-18(2)14-15-35-22-12-8-19(16-23(22)33-6)9-13-25(31)30-27-26(28(32)34-7)21-11-10-20(29(3,4)5)17-24(21)36-27/h8-9,12-13,16,18,20H,10-11,14-15,17H2,1-7H3,(H,30,31)/b13-9+. The number of methoxy groups -OCH3 is 2. The highest BCUT2D eigenvalue weighted by atomic mass is 32.1. The Morgan fingerprint density at radius 2 is 1.94 bits per heavy atom. The van der Waals surface area contributed by atoms with E-state index in [2.05, 4.69) is 39.9 Å². The third-order valence-corrected chi connectivity index (χ3v) is 7.85. The first-order valence-corrected chi connectivity index (χ1v) is 13.4. The van der Waals surface area contributed by atoms with Crippen molar-refractivity contribution in [1.82, 2.24) is 0 Å². The van der Waals surface area contributed by atoms with Gasteiger partial charge in [0, 0.05) is 11.0 Å². The Morgan fingerprint density at radius 1 is 1.19 bits per heavy atom. The third-order valence-electron chi connectivity index (χ3n) is 6.68. The quantitative estimate of drug-likeness (QED) is 0.296. The van der Waals surface area contributed by atoms with Gasteiger partial charge in [0.05, 0.1) is 26.4 Å². The highest BCUT2D eigenvalue weighted by Crippen LogP contribution is 2.44. The fraction of sp³-hybridized carbons (Fsp3) is 0.517. The predicted octanol–water partition coefficient (Wildman–Crippen LogP) is 6.77. The molecular formula is C29H39NO5S. The molecule has 196 valence electrons. The minimum atomic E-state index is -0.404. The van der Waals surface area contributed by atoms with Crippen LogP contribution in [0.3, 0.4) is 0 Å². The summed E-state index contributed by atoms with van der Waals surface area (Å²) < 4.78 is 16.4. The zero-order valence-electron chi connectivity index (χ0n) is 22.5. The van der Waals surface area contributed by atoms with Gasteiger partial charge in [0.25, 0.3) is 0 Å². The molecule has 1 amide bonds. The largest absolute Gasteiger partial charge is 0.493 e. The van der Waals surface area contributed by atoms with Crippen molar-refractivity contribution in [3.05, 3.63) is 45.8 Å². The fourth-order valence-corrected chi connectivity index (χ4v) is 5.69. The number of thiophene rings is 1. The molecule has 0 saturated heterocycles.